The number of carbonyl (C=O) groups is 1. The molecule has 2 N–H and O–H groups in total. The van der Waals surface area contributed by atoms with Crippen LogP contribution < -0.4 is 19.9 Å². The minimum Gasteiger partial charge on any atom is -0.489 e. The molecule has 0 saturated carbocycles. The summed E-state index contributed by atoms with van der Waals surface area (Å²) < 4.78 is 17.3. The van der Waals surface area contributed by atoms with E-state index >= 15 is 0 Å². The Labute approximate surface area is 219 Å². The number of allylic oxidation sites excluding steroid dienone is 1. The normalized spacial score (nSPS) is 14.2. The molecule has 0 radical (unpaired) electrons. The van der Waals surface area contributed by atoms with E-state index in [0.717, 1.165) is 11.1 Å². The van der Waals surface area contributed by atoms with Crippen molar-refractivity contribution in [2.45, 2.75) is 12.5 Å². The summed E-state index contributed by atoms with van der Waals surface area (Å²) in [6.07, 6.45) is 0. The van der Waals surface area contributed by atoms with Gasteiger partial charge in [-0.15, -0.1) is 0 Å². The quantitative estimate of drug-likeness (QED) is 0.240. The standard InChI is InChI=1S/C30H21ClN2O4/c31-26-12-5-4-9-21(26)18-35-22-11-6-10-20(15-22)28-24-14-13-23(16-27(24)37-29(33)25(28)17-32)36-30(34)19-7-2-1-3-8-19/h1-16,28H,18,33H2. The van der Waals surface area contributed by atoms with Crippen molar-refractivity contribution in [1.29, 1.82) is 5.26 Å². The molecule has 0 spiro atoms. The summed E-state index contributed by atoms with van der Waals surface area (Å²) in [5.41, 5.74) is 9.24. The summed E-state index contributed by atoms with van der Waals surface area (Å²) in [5, 5.41) is 10.5. The number of carbonyl (C=O) groups excluding carboxylic acids is 1. The second-order valence-electron chi connectivity index (χ2n) is 8.33. The molecule has 37 heavy (non-hydrogen) atoms. The van der Waals surface area contributed by atoms with Crippen LogP contribution in [0.15, 0.2) is 109 Å². The summed E-state index contributed by atoms with van der Waals surface area (Å²) >= 11 is 6.25. The molecule has 1 heterocycles. The number of ether oxygens (including phenoxy) is 3. The Bertz CT molecular complexity index is 1540. The predicted molar refractivity (Wildman–Crippen MR) is 139 cm³/mol. The topological polar surface area (TPSA) is 94.6 Å². The third-order valence-corrected chi connectivity index (χ3v) is 6.32. The maximum atomic E-state index is 12.5. The Kier molecular flexibility index (Phi) is 6.80. The maximum Gasteiger partial charge on any atom is 0.343 e. The first kappa shape index (κ1) is 24.0. The molecule has 1 unspecified atom stereocenters. The molecule has 0 saturated heterocycles. The van der Waals surface area contributed by atoms with E-state index in [-0.39, 0.29) is 11.5 Å². The van der Waals surface area contributed by atoms with Crippen molar-refractivity contribution in [3.05, 3.63) is 136 Å². The highest BCUT2D eigenvalue weighted by Crippen LogP contribution is 2.44. The molecular formula is C30H21ClN2O4. The number of rotatable bonds is 6. The summed E-state index contributed by atoms with van der Waals surface area (Å²) in [5.74, 6) is 0.344. The van der Waals surface area contributed by atoms with Crippen LogP contribution in [-0.2, 0) is 6.61 Å². The largest absolute Gasteiger partial charge is 0.489 e. The minimum atomic E-state index is -0.489. The first-order chi connectivity index (χ1) is 18.0. The zero-order valence-corrected chi connectivity index (χ0v) is 20.3. The van der Waals surface area contributed by atoms with Gasteiger partial charge in [0, 0.05) is 22.2 Å². The van der Waals surface area contributed by atoms with E-state index in [1.807, 2.05) is 54.6 Å². The van der Waals surface area contributed by atoms with Crippen molar-refractivity contribution >= 4 is 17.6 Å². The first-order valence-corrected chi connectivity index (χ1v) is 11.9. The molecule has 5 rings (SSSR count). The van der Waals surface area contributed by atoms with Gasteiger partial charge in [-0.05, 0) is 42.0 Å². The highest BCUT2D eigenvalue weighted by Gasteiger charge is 2.31. The van der Waals surface area contributed by atoms with Gasteiger partial charge in [-0.2, -0.15) is 5.26 Å². The molecule has 0 bridgehead atoms. The number of nitrogens with two attached hydrogens (primary N) is 1. The minimum absolute atomic E-state index is 0.00563. The number of esters is 1. The number of nitrogens with zero attached hydrogens (tertiary/aromatic N) is 1. The second-order valence-corrected chi connectivity index (χ2v) is 8.74. The van der Waals surface area contributed by atoms with Gasteiger partial charge in [0.05, 0.1) is 11.5 Å². The van der Waals surface area contributed by atoms with E-state index in [4.69, 9.17) is 31.5 Å². The zero-order valence-electron chi connectivity index (χ0n) is 19.6. The van der Waals surface area contributed by atoms with Gasteiger partial charge in [0.1, 0.15) is 35.5 Å². The average molecular weight is 509 g/mol. The van der Waals surface area contributed by atoms with Gasteiger partial charge < -0.3 is 19.9 Å². The van der Waals surface area contributed by atoms with Crippen molar-refractivity contribution in [3.63, 3.8) is 0 Å². The lowest BCUT2D eigenvalue weighted by Gasteiger charge is -2.27. The van der Waals surface area contributed by atoms with Gasteiger partial charge in [-0.1, -0.05) is 66.2 Å². The fourth-order valence-electron chi connectivity index (χ4n) is 4.14. The number of hydrogen-bond acceptors (Lipinski definition) is 6. The lowest BCUT2D eigenvalue weighted by atomic mass is 9.83. The summed E-state index contributed by atoms with van der Waals surface area (Å²) in [6.45, 7) is 0.298. The third-order valence-electron chi connectivity index (χ3n) is 5.95. The van der Waals surface area contributed by atoms with E-state index in [1.165, 1.54) is 0 Å². The van der Waals surface area contributed by atoms with E-state index in [2.05, 4.69) is 6.07 Å². The predicted octanol–water partition coefficient (Wildman–Crippen LogP) is 6.36. The highest BCUT2D eigenvalue weighted by molar-refractivity contribution is 6.31. The van der Waals surface area contributed by atoms with Crippen molar-refractivity contribution in [1.82, 2.24) is 0 Å². The van der Waals surface area contributed by atoms with Crippen molar-refractivity contribution < 1.29 is 19.0 Å². The lowest BCUT2D eigenvalue weighted by molar-refractivity contribution is 0.0734. The van der Waals surface area contributed by atoms with Crippen LogP contribution in [-0.4, -0.2) is 5.97 Å². The number of benzene rings is 4. The Balaban J connectivity index is 1.43. The Morgan fingerprint density at radius 2 is 1.73 bits per heavy atom. The Morgan fingerprint density at radius 3 is 2.51 bits per heavy atom. The van der Waals surface area contributed by atoms with Gasteiger partial charge in [0.25, 0.3) is 0 Å². The lowest BCUT2D eigenvalue weighted by Crippen LogP contribution is -2.21. The molecule has 0 fully saturated rings. The molecular weight excluding hydrogens is 488 g/mol. The van der Waals surface area contributed by atoms with Crippen LogP contribution >= 0.6 is 11.6 Å². The van der Waals surface area contributed by atoms with E-state index in [1.54, 1.807) is 42.5 Å². The monoisotopic (exact) mass is 508 g/mol. The van der Waals surface area contributed by atoms with Gasteiger partial charge >= 0.3 is 5.97 Å². The van der Waals surface area contributed by atoms with Gasteiger partial charge in [0.15, 0.2) is 0 Å². The molecule has 1 atom stereocenters. The van der Waals surface area contributed by atoms with E-state index in [9.17, 15) is 10.1 Å². The average Bonchev–Trinajstić information content (AvgIpc) is 2.92. The maximum absolute atomic E-state index is 12.5. The fourth-order valence-corrected chi connectivity index (χ4v) is 4.33. The van der Waals surface area contributed by atoms with E-state index in [0.29, 0.717) is 40.0 Å². The third kappa shape index (κ3) is 5.13. The van der Waals surface area contributed by atoms with Gasteiger partial charge in [-0.25, -0.2) is 4.79 Å². The summed E-state index contributed by atoms with van der Waals surface area (Å²) in [6, 6.07) is 30.9. The Hall–Kier alpha value is -4.73. The first-order valence-electron chi connectivity index (χ1n) is 11.5. The second kappa shape index (κ2) is 10.5. The fraction of sp³-hybridized carbons (Fsp3) is 0.0667. The Morgan fingerprint density at radius 1 is 0.946 bits per heavy atom. The zero-order chi connectivity index (χ0) is 25.8. The van der Waals surface area contributed by atoms with Crippen LogP contribution in [0.2, 0.25) is 5.02 Å². The van der Waals surface area contributed by atoms with Crippen molar-refractivity contribution in [3.8, 4) is 23.3 Å². The molecule has 182 valence electrons. The van der Waals surface area contributed by atoms with Crippen molar-refractivity contribution in [2.24, 2.45) is 5.73 Å². The van der Waals surface area contributed by atoms with Gasteiger partial charge in [-0.3, -0.25) is 0 Å². The molecule has 1 aliphatic rings. The van der Waals surface area contributed by atoms with Crippen LogP contribution in [0, 0.1) is 11.3 Å². The van der Waals surface area contributed by atoms with Crippen LogP contribution in [0.25, 0.3) is 0 Å². The molecule has 6 nitrogen and oxygen atoms in total. The van der Waals surface area contributed by atoms with Crippen LogP contribution in [0.1, 0.15) is 33.0 Å². The summed E-state index contributed by atoms with van der Waals surface area (Å²) in [4.78, 5) is 12.5. The molecule has 4 aromatic rings. The molecule has 4 aromatic carbocycles. The van der Waals surface area contributed by atoms with Crippen LogP contribution in [0.3, 0.4) is 0 Å². The SMILES string of the molecule is N#CC1=C(N)Oc2cc(OC(=O)c3ccccc3)ccc2C1c1cccc(OCc2ccccc2Cl)c1. The van der Waals surface area contributed by atoms with Gasteiger partial charge in [0.2, 0.25) is 5.88 Å². The van der Waals surface area contributed by atoms with E-state index < -0.39 is 11.9 Å². The molecule has 7 heteroatoms. The molecule has 0 aliphatic carbocycles. The smallest absolute Gasteiger partial charge is 0.343 e. The molecule has 0 amide bonds. The number of halogens is 1. The number of nitriles is 1. The summed E-state index contributed by atoms with van der Waals surface area (Å²) in [7, 11) is 0. The number of hydrogen-bond donors (Lipinski definition) is 1. The molecule has 1 aliphatic heterocycles. The van der Waals surface area contributed by atoms with Crippen LogP contribution in [0.4, 0.5) is 0 Å². The van der Waals surface area contributed by atoms with Crippen molar-refractivity contribution in [2.75, 3.05) is 0 Å². The molecule has 0 aromatic heterocycles. The number of fused-ring (bicyclic) bond motifs is 1. The highest BCUT2D eigenvalue weighted by atomic mass is 35.5. The van der Waals surface area contributed by atoms with Crippen LogP contribution in [0.5, 0.6) is 17.2 Å².